The fourth-order valence-corrected chi connectivity index (χ4v) is 1.06. The van der Waals surface area contributed by atoms with Gasteiger partial charge in [0.1, 0.15) is 0 Å². The SMILES string of the molecule is NCCNOCC1CC1S. The summed E-state index contributed by atoms with van der Waals surface area (Å²) >= 11 is 4.26. The van der Waals surface area contributed by atoms with Crippen molar-refractivity contribution in [2.24, 2.45) is 11.7 Å². The van der Waals surface area contributed by atoms with Gasteiger partial charge in [-0.05, 0) is 12.3 Å². The number of hydrogen-bond acceptors (Lipinski definition) is 4. The minimum atomic E-state index is 0.569. The first-order valence-electron chi connectivity index (χ1n) is 3.57. The Kier molecular flexibility index (Phi) is 3.48. The quantitative estimate of drug-likeness (QED) is 0.298. The Hall–Kier alpha value is 0.230. The lowest BCUT2D eigenvalue weighted by molar-refractivity contribution is 0.0361. The summed E-state index contributed by atoms with van der Waals surface area (Å²) in [6.45, 7) is 2.12. The molecule has 0 aromatic carbocycles. The summed E-state index contributed by atoms with van der Waals surface area (Å²) in [5, 5.41) is 0.569. The third kappa shape index (κ3) is 2.88. The van der Waals surface area contributed by atoms with Crippen molar-refractivity contribution in [3.8, 4) is 0 Å². The third-order valence-electron chi connectivity index (χ3n) is 1.53. The van der Waals surface area contributed by atoms with Gasteiger partial charge in [0.25, 0.3) is 0 Å². The van der Waals surface area contributed by atoms with Crippen LogP contribution in [0.25, 0.3) is 0 Å². The third-order valence-corrected chi connectivity index (χ3v) is 2.16. The van der Waals surface area contributed by atoms with Gasteiger partial charge in [-0.3, -0.25) is 0 Å². The minimum absolute atomic E-state index is 0.569. The number of thiol groups is 1. The number of rotatable bonds is 5. The Morgan fingerprint density at radius 2 is 2.40 bits per heavy atom. The zero-order valence-corrected chi connectivity index (χ0v) is 6.81. The van der Waals surface area contributed by atoms with Crippen LogP contribution in [0.15, 0.2) is 0 Å². The fraction of sp³-hybridized carbons (Fsp3) is 1.00. The topological polar surface area (TPSA) is 47.3 Å². The van der Waals surface area contributed by atoms with Crippen LogP contribution in [0.2, 0.25) is 0 Å². The van der Waals surface area contributed by atoms with Crippen LogP contribution in [0, 0.1) is 5.92 Å². The average molecular weight is 162 g/mol. The maximum Gasteiger partial charge on any atom is 0.0721 e. The molecule has 2 unspecified atom stereocenters. The molecule has 0 radical (unpaired) electrons. The molecule has 2 atom stereocenters. The second-order valence-corrected chi connectivity index (χ2v) is 3.22. The van der Waals surface area contributed by atoms with Gasteiger partial charge in [0.2, 0.25) is 0 Å². The number of nitrogens with one attached hydrogen (secondary N) is 1. The molecule has 4 heteroatoms. The Morgan fingerprint density at radius 3 is 2.90 bits per heavy atom. The van der Waals surface area contributed by atoms with Gasteiger partial charge in [0.05, 0.1) is 6.61 Å². The van der Waals surface area contributed by atoms with Crippen LogP contribution in [-0.2, 0) is 4.84 Å². The molecule has 0 aliphatic heterocycles. The number of hydrogen-bond donors (Lipinski definition) is 3. The maximum absolute atomic E-state index is 5.23. The highest BCUT2D eigenvalue weighted by atomic mass is 32.1. The van der Waals surface area contributed by atoms with Crippen molar-refractivity contribution in [1.82, 2.24) is 5.48 Å². The molecule has 0 amide bonds. The molecule has 3 nitrogen and oxygen atoms in total. The van der Waals surface area contributed by atoms with Crippen molar-refractivity contribution in [3.05, 3.63) is 0 Å². The predicted molar refractivity (Wildman–Crippen MR) is 43.9 cm³/mol. The summed E-state index contributed by atoms with van der Waals surface area (Å²) in [6.07, 6.45) is 1.19. The monoisotopic (exact) mass is 162 g/mol. The molecule has 0 saturated heterocycles. The molecule has 1 aliphatic rings. The average Bonchev–Trinajstić information content (AvgIpc) is 2.60. The first-order chi connectivity index (χ1) is 4.84. The summed E-state index contributed by atoms with van der Waals surface area (Å²) in [5.74, 6) is 0.661. The molecule has 10 heavy (non-hydrogen) atoms. The van der Waals surface area contributed by atoms with Crippen molar-refractivity contribution < 1.29 is 4.84 Å². The van der Waals surface area contributed by atoms with Crippen LogP contribution in [0.3, 0.4) is 0 Å². The Labute approximate surface area is 66.7 Å². The Balaban J connectivity index is 1.78. The highest BCUT2D eigenvalue weighted by Gasteiger charge is 2.33. The molecule has 0 heterocycles. The van der Waals surface area contributed by atoms with Crippen LogP contribution in [0.4, 0.5) is 0 Å². The van der Waals surface area contributed by atoms with E-state index >= 15 is 0 Å². The van der Waals surface area contributed by atoms with Crippen LogP contribution in [0.5, 0.6) is 0 Å². The summed E-state index contributed by atoms with van der Waals surface area (Å²) in [6, 6.07) is 0. The lowest BCUT2D eigenvalue weighted by atomic mass is 10.5. The van der Waals surface area contributed by atoms with E-state index in [0.29, 0.717) is 17.7 Å². The molecule has 1 aliphatic carbocycles. The van der Waals surface area contributed by atoms with Crippen molar-refractivity contribution >= 4 is 12.6 Å². The summed E-state index contributed by atoms with van der Waals surface area (Å²) < 4.78 is 0. The predicted octanol–water partition coefficient (Wildman–Crippen LogP) is -0.215. The van der Waals surface area contributed by atoms with Crippen molar-refractivity contribution in [1.29, 1.82) is 0 Å². The van der Waals surface area contributed by atoms with Crippen molar-refractivity contribution in [2.75, 3.05) is 19.7 Å². The molecule has 1 rings (SSSR count). The zero-order chi connectivity index (χ0) is 7.40. The Bertz CT molecular complexity index is 102. The minimum Gasteiger partial charge on any atom is -0.329 e. The normalized spacial score (nSPS) is 30.6. The van der Waals surface area contributed by atoms with Crippen LogP contribution < -0.4 is 11.2 Å². The molecule has 0 aromatic heterocycles. The van der Waals surface area contributed by atoms with Gasteiger partial charge >= 0.3 is 0 Å². The molecular formula is C6H14N2OS. The van der Waals surface area contributed by atoms with Crippen LogP contribution in [0.1, 0.15) is 6.42 Å². The first kappa shape index (κ1) is 8.33. The van der Waals surface area contributed by atoms with E-state index in [4.69, 9.17) is 10.6 Å². The Morgan fingerprint density at radius 1 is 1.70 bits per heavy atom. The maximum atomic E-state index is 5.23. The van der Waals surface area contributed by atoms with Crippen molar-refractivity contribution in [3.63, 3.8) is 0 Å². The highest BCUT2D eigenvalue weighted by molar-refractivity contribution is 7.81. The second kappa shape index (κ2) is 4.18. The van der Waals surface area contributed by atoms with Gasteiger partial charge in [-0.1, -0.05) is 0 Å². The van der Waals surface area contributed by atoms with E-state index in [-0.39, 0.29) is 0 Å². The van der Waals surface area contributed by atoms with Gasteiger partial charge in [0.15, 0.2) is 0 Å². The van der Waals surface area contributed by atoms with E-state index in [1.54, 1.807) is 0 Å². The lowest BCUT2D eigenvalue weighted by Gasteiger charge is -2.01. The molecule has 1 saturated carbocycles. The van der Waals surface area contributed by atoms with Crippen LogP contribution >= 0.6 is 12.6 Å². The van der Waals surface area contributed by atoms with Crippen molar-refractivity contribution in [2.45, 2.75) is 11.7 Å². The summed E-state index contributed by atoms with van der Waals surface area (Å²) in [4.78, 5) is 5.09. The molecule has 60 valence electrons. The van der Waals surface area contributed by atoms with Gasteiger partial charge in [-0.25, -0.2) is 5.48 Å². The van der Waals surface area contributed by atoms with E-state index in [1.165, 1.54) is 6.42 Å². The van der Waals surface area contributed by atoms with Crippen LogP contribution in [-0.4, -0.2) is 24.9 Å². The van der Waals surface area contributed by atoms with Gasteiger partial charge in [-0.2, -0.15) is 12.6 Å². The first-order valence-corrected chi connectivity index (χ1v) is 4.09. The fourth-order valence-electron chi connectivity index (χ4n) is 0.708. The van der Waals surface area contributed by atoms with E-state index in [2.05, 4.69) is 18.1 Å². The smallest absolute Gasteiger partial charge is 0.0721 e. The zero-order valence-electron chi connectivity index (χ0n) is 5.92. The van der Waals surface area contributed by atoms with Gasteiger partial charge in [-0.15, -0.1) is 0 Å². The van der Waals surface area contributed by atoms with Gasteiger partial charge in [0, 0.05) is 18.3 Å². The van der Waals surface area contributed by atoms with E-state index < -0.39 is 0 Å². The molecule has 1 fully saturated rings. The molecule has 0 aromatic rings. The largest absolute Gasteiger partial charge is 0.329 e. The molecule has 0 bridgehead atoms. The standard InChI is InChI=1S/C6H14N2OS/c7-1-2-8-9-4-5-3-6(5)10/h5-6,8,10H,1-4,7H2. The second-order valence-electron chi connectivity index (χ2n) is 2.56. The number of hydroxylamine groups is 1. The summed E-state index contributed by atoms with van der Waals surface area (Å²) in [7, 11) is 0. The number of nitrogens with two attached hydrogens (primary N) is 1. The summed E-state index contributed by atoms with van der Waals surface area (Å²) in [5.41, 5.74) is 8.00. The van der Waals surface area contributed by atoms with E-state index in [9.17, 15) is 0 Å². The van der Waals surface area contributed by atoms with E-state index in [1.807, 2.05) is 0 Å². The molecular weight excluding hydrogens is 148 g/mol. The lowest BCUT2D eigenvalue weighted by Crippen LogP contribution is -2.23. The molecule has 0 spiro atoms. The highest BCUT2D eigenvalue weighted by Crippen LogP contribution is 2.35. The van der Waals surface area contributed by atoms with Gasteiger partial charge < -0.3 is 10.6 Å². The van der Waals surface area contributed by atoms with E-state index in [0.717, 1.165) is 13.2 Å². The molecule has 3 N–H and O–H groups in total.